The number of hydrogen-bond donors (Lipinski definition) is 0. The molecule has 1 aliphatic rings. The van der Waals surface area contributed by atoms with Gasteiger partial charge >= 0.3 is 5.97 Å². The van der Waals surface area contributed by atoms with Crippen molar-refractivity contribution in [2.75, 3.05) is 12.4 Å². The Balaban J connectivity index is 2.22. The summed E-state index contributed by atoms with van der Waals surface area (Å²) in [6, 6.07) is 6.76. The van der Waals surface area contributed by atoms with E-state index >= 15 is 0 Å². The third-order valence-corrected chi connectivity index (χ3v) is 5.76. The highest BCUT2D eigenvalue weighted by atomic mass is 79.9. The highest BCUT2D eigenvalue weighted by molar-refractivity contribution is 9.10. The lowest BCUT2D eigenvalue weighted by atomic mass is 10.1. The van der Waals surface area contributed by atoms with Gasteiger partial charge in [0.2, 0.25) is 0 Å². The van der Waals surface area contributed by atoms with E-state index in [2.05, 4.69) is 29.8 Å². The highest BCUT2D eigenvalue weighted by Gasteiger charge is 2.42. The Bertz CT molecular complexity index is 603. The van der Waals surface area contributed by atoms with E-state index in [1.165, 1.54) is 0 Å². The molecule has 138 valence electrons. The molecule has 0 N–H and O–H groups in total. The van der Waals surface area contributed by atoms with E-state index in [1.807, 2.05) is 26.0 Å². The second kappa shape index (κ2) is 9.08. The number of esters is 1. The fraction of sp³-hybridized carbons (Fsp3) is 0.579. The standard InChI is InChI=1S/C19H26BrNO3S/c1-12(2)9-17-21(18(22)14-5-7-15(20)8-6-14)16(11-25-17)19(23)24-10-13(3)4/h5-8,12-13,16-17H,9-11H2,1-4H3. The third kappa shape index (κ3) is 5.48. The Morgan fingerprint density at radius 2 is 1.84 bits per heavy atom. The van der Waals surface area contributed by atoms with E-state index in [0.29, 0.717) is 23.8 Å². The molecule has 0 spiro atoms. The van der Waals surface area contributed by atoms with E-state index in [4.69, 9.17) is 4.74 Å². The number of halogens is 1. The molecule has 2 atom stereocenters. The van der Waals surface area contributed by atoms with Crippen LogP contribution in [0.1, 0.15) is 44.5 Å². The quantitative estimate of drug-likeness (QED) is 0.623. The molecule has 0 radical (unpaired) electrons. The summed E-state index contributed by atoms with van der Waals surface area (Å²) in [6.45, 7) is 8.65. The van der Waals surface area contributed by atoms with Crippen LogP contribution >= 0.6 is 27.7 Å². The molecule has 25 heavy (non-hydrogen) atoms. The van der Waals surface area contributed by atoms with Crippen LogP contribution in [-0.4, -0.2) is 40.6 Å². The fourth-order valence-corrected chi connectivity index (χ4v) is 4.58. The van der Waals surface area contributed by atoms with E-state index in [9.17, 15) is 9.59 Å². The summed E-state index contributed by atoms with van der Waals surface area (Å²) in [7, 11) is 0. The molecular formula is C19H26BrNO3S. The first-order valence-corrected chi connectivity index (χ1v) is 10.5. The van der Waals surface area contributed by atoms with Gasteiger partial charge in [-0.3, -0.25) is 4.79 Å². The third-order valence-electron chi connectivity index (χ3n) is 3.92. The van der Waals surface area contributed by atoms with Crippen molar-refractivity contribution in [1.82, 2.24) is 4.90 Å². The maximum atomic E-state index is 13.1. The molecule has 1 fully saturated rings. The predicted octanol–water partition coefficient (Wildman–Crippen LogP) is 4.58. The maximum Gasteiger partial charge on any atom is 0.329 e. The van der Waals surface area contributed by atoms with Crippen LogP contribution in [0.2, 0.25) is 0 Å². The van der Waals surface area contributed by atoms with Gasteiger partial charge < -0.3 is 9.64 Å². The zero-order valence-electron chi connectivity index (χ0n) is 15.2. The SMILES string of the molecule is CC(C)COC(=O)C1CSC(CC(C)C)N1C(=O)c1ccc(Br)cc1. The number of ether oxygens (including phenoxy) is 1. The highest BCUT2D eigenvalue weighted by Crippen LogP contribution is 2.35. The monoisotopic (exact) mass is 427 g/mol. The van der Waals surface area contributed by atoms with Crippen molar-refractivity contribution in [1.29, 1.82) is 0 Å². The minimum absolute atomic E-state index is 0.00717. The summed E-state index contributed by atoms with van der Waals surface area (Å²) < 4.78 is 6.35. The first-order valence-electron chi connectivity index (χ1n) is 8.66. The normalized spacial score (nSPS) is 20.4. The molecule has 2 rings (SSSR count). The Morgan fingerprint density at radius 1 is 1.20 bits per heavy atom. The van der Waals surface area contributed by atoms with Gasteiger partial charge in [0.05, 0.1) is 12.0 Å². The smallest absolute Gasteiger partial charge is 0.329 e. The molecule has 0 aliphatic carbocycles. The van der Waals surface area contributed by atoms with E-state index < -0.39 is 6.04 Å². The van der Waals surface area contributed by atoms with E-state index in [0.717, 1.165) is 10.9 Å². The van der Waals surface area contributed by atoms with Gasteiger partial charge in [-0.2, -0.15) is 0 Å². The van der Waals surface area contributed by atoms with Crippen LogP contribution in [0.25, 0.3) is 0 Å². The number of thioether (sulfide) groups is 1. The molecule has 1 aromatic carbocycles. The number of carbonyl (C=O) groups is 2. The summed E-state index contributed by atoms with van der Waals surface area (Å²) in [4.78, 5) is 27.4. The number of carbonyl (C=O) groups excluding carboxylic acids is 2. The van der Waals surface area contributed by atoms with Crippen LogP contribution in [-0.2, 0) is 9.53 Å². The summed E-state index contributed by atoms with van der Waals surface area (Å²) in [5, 5.41) is 0.00717. The Morgan fingerprint density at radius 3 is 2.40 bits per heavy atom. The second-order valence-electron chi connectivity index (χ2n) is 7.18. The van der Waals surface area contributed by atoms with Crippen molar-refractivity contribution < 1.29 is 14.3 Å². The van der Waals surface area contributed by atoms with Crippen LogP contribution in [0.3, 0.4) is 0 Å². The molecule has 1 saturated heterocycles. The molecular weight excluding hydrogens is 402 g/mol. The number of nitrogens with zero attached hydrogens (tertiary/aromatic N) is 1. The van der Waals surface area contributed by atoms with Gasteiger partial charge in [0.1, 0.15) is 6.04 Å². The number of rotatable bonds is 6. The molecule has 0 saturated carbocycles. The Hall–Kier alpha value is -1.01. The van der Waals surface area contributed by atoms with Crippen LogP contribution < -0.4 is 0 Å². The Labute approximate surface area is 162 Å². The molecule has 4 nitrogen and oxygen atoms in total. The van der Waals surface area contributed by atoms with Crippen molar-refractivity contribution in [2.45, 2.75) is 45.5 Å². The molecule has 6 heteroatoms. The van der Waals surface area contributed by atoms with E-state index in [1.54, 1.807) is 28.8 Å². The zero-order chi connectivity index (χ0) is 18.6. The van der Waals surface area contributed by atoms with Crippen molar-refractivity contribution in [3.05, 3.63) is 34.3 Å². The zero-order valence-corrected chi connectivity index (χ0v) is 17.6. The average Bonchev–Trinajstić information content (AvgIpc) is 2.95. The van der Waals surface area contributed by atoms with Gasteiger partial charge in [0.25, 0.3) is 5.91 Å². The number of amides is 1. The molecule has 0 aromatic heterocycles. The first-order chi connectivity index (χ1) is 11.8. The van der Waals surface area contributed by atoms with Crippen molar-refractivity contribution in [3.63, 3.8) is 0 Å². The van der Waals surface area contributed by atoms with Crippen LogP contribution in [0.15, 0.2) is 28.7 Å². The van der Waals surface area contributed by atoms with Gasteiger partial charge in [-0.25, -0.2) is 4.79 Å². The van der Waals surface area contributed by atoms with Gasteiger partial charge in [0, 0.05) is 15.8 Å². The van der Waals surface area contributed by atoms with E-state index in [-0.39, 0.29) is 23.2 Å². The summed E-state index contributed by atoms with van der Waals surface area (Å²) >= 11 is 5.06. The molecule has 1 aliphatic heterocycles. The topological polar surface area (TPSA) is 46.6 Å². The average molecular weight is 428 g/mol. The minimum atomic E-state index is -0.511. The number of benzene rings is 1. The molecule has 1 aromatic rings. The first kappa shape index (κ1) is 20.3. The molecule has 2 unspecified atom stereocenters. The van der Waals surface area contributed by atoms with Crippen molar-refractivity contribution in [3.8, 4) is 0 Å². The van der Waals surface area contributed by atoms with Crippen molar-refractivity contribution >= 4 is 39.6 Å². The van der Waals surface area contributed by atoms with Gasteiger partial charge in [-0.15, -0.1) is 11.8 Å². The van der Waals surface area contributed by atoms with Crippen LogP contribution in [0.4, 0.5) is 0 Å². The summed E-state index contributed by atoms with van der Waals surface area (Å²) in [6.07, 6.45) is 0.862. The van der Waals surface area contributed by atoms with Gasteiger partial charge in [0.15, 0.2) is 0 Å². The fourth-order valence-electron chi connectivity index (χ4n) is 2.69. The van der Waals surface area contributed by atoms with Gasteiger partial charge in [-0.1, -0.05) is 43.6 Å². The Kier molecular flexibility index (Phi) is 7.37. The maximum absolute atomic E-state index is 13.1. The minimum Gasteiger partial charge on any atom is -0.464 e. The molecule has 1 heterocycles. The number of hydrogen-bond acceptors (Lipinski definition) is 4. The summed E-state index contributed by atoms with van der Waals surface area (Å²) in [5.74, 6) is 0.923. The lowest BCUT2D eigenvalue weighted by molar-refractivity contribution is -0.149. The largest absolute Gasteiger partial charge is 0.464 e. The predicted molar refractivity (Wildman–Crippen MR) is 106 cm³/mol. The molecule has 0 bridgehead atoms. The van der Waals surface area contributed by atoms with Crippen LogP contribution in [0, 0.1) is 11.8 Å². The van der Waals surface area contributed by atoms with Crippen LogP contribution in [0.5, 0.6) is 0 Å². The molecule has 1 amide bonds. The second-order valence-corrected chi connectivity index (χ2v) is 9.30. The summed E-state index contributed by atoms with van der Waals surface area (Å²) in [5.41, 5.74) is 0.598. The van der Waals surface area contributed by atoms with Gasteiger partial charge in [-0.05, 0) is 42.5 Å². The lowest BCUT2D eigenvalue weighted by Gasteiger charge is -2.29. The lowest BCUT2D eigenvalue weighted by Crippen LogP contribution is -2.46. The van der Waals surface area contributed by atoms with Crippen molar-refractivity contribution in [2.24, 2.45) is 11.8 Å².